The molecule has 0 radical (unpaired) electrons. The van der Waals surface area contributed by atoms with Crippen LogP contribution in [0.4, 0.5) is 0 Å². The molecule has 0 aliphatic heterocycles. The summed E-state index contributed by atoms with van der Waals surface area (Å²) in [6, 6.07) is 7.50. The van der Waals surface area contributed by atoms with Crippen LogP contribution in [-0.4, -0.2) is 63.2 Å². The Labute approximate surface area is 132 Å². The van der Waals surface area contributed by atoms with Crippen molar-refractivity contribution in [3.05, 3.63) is 35.4 Å². The number of nitrogens with zero attached hydrogens (tertiary/aromatic N) is 2. The molecule has 21 heavy (non-hydrogen) atoms. The molecule has 1 aromatic rings. The largest absolute Gasteiger partial charge is 0.383 e. The van der Waals surface area contributed by atoms with Gasteiger partial charge in [-0.2, -0.15) is 0 Å². The van der Waals surface area contributed by atoms with Crippen LogP contribution < -0.4 is 0 Å². The first kappa shape index (κ1) is 18.0. The van der Waals surface area contributed by atoms with Crippen molar-refractivity contribution < 1.29 is 9.53 Å². The zero-order chi connectivity index (χ0) is 15.7. The molecule has 5 heteroatoms. The molecule has 0 N–H and O–H groups in total. The SMILES string of the molecule is COCCN(CCCN(C)C)C(=O)c1cccc(CCl)c1. The monoisotopic (exact) mass is 312 g/mol. The topological polar surface area (TPSA) is 32.8 Å². The van der Waals surface area contributed by atoms with Crippen molar-refractivity contribution in [3.8, 4) is 0 Å². The molecule has 0 aliphatic carbocycles. The number of alkyl halides is 1. The molecule has 0 spiro atoms. The van der Waals surface area contributed by atoms with E-state index in [1.165, 1.54) is 0 Å². The van der Waals surface area contributed by atoms with Crippen molar-refractivity contribution in [1.29, 1.82) is 0 Å². The Morgan fingerprint density at radius 2 is 2.00 bits per heavy atom. The van der Waals surface area contributed by atoms with Gasteiger partial charge in [-0.1, -0.05) is 12.1 Å². The number of ether oxygens (including phenoxy) is 1. The lowest BCUT2D eigenvalue weighted by molar-refractivity contribution is 0.0689. The maximum absolute atomic E-state index is 12.6. The molecule has 0 heterocycles. The summed E-state index contributed by atoms with van der Waals surface area (Å²) < 4.78 is 5.11. The van der Waals surface area contributed by atoms with Crippen LogP contribution in [0.3, 0.4) is 0 Å². The normalized spacial score (nSPS) is 10.9. The van der Waals surface area contributed by atoms with Crippen LogP contribution in [0.15, 0.2) is 24.3 Å². The Morgan fingerprint density at radius 1 is 1.24 bits per heavy atom. The minimum absolute atomic E-state index is 0.0396. The lowest BCUT2D eigenvalue weighted by atomic mass is 10.1. The maximum atomic E-state index is 12.6. The quantitative estimate of drug-likeness (QED) is 0.657. The van der Waals surface area contributed by atoms with Crippen LogP contribution in [0.1, 0.15) is 22.3 Å². The number of halogens is 1. The van der Waals surface area contributed by atoms with Crippen molar-refractivity contribution in [2.24, 2.45) is 0 Å². The molecular formula is C16H25ClN2O2. The van der Waals surface area contributed by atoms with Crippen LogP contribution in [0.25, 0.3) is 0 Å². The maximum Gasteiger partial charge on any atom is 0.253 e. The first-order chi connectivity index (χ1) is 10.1. The number of rotatable bonds is 9. The van der Waals surface area contributed by atoms with Gasteiger partial charge in [0.25, 0.3) is 5.91 Å². The molecular weight excluding hydrogens is 288 g/mol. The van der Waals surface area contributed by atoms with E-state index >= 15 is 0 Å². The van der Waals surface area contributed by atoms with Crippen LogP contribution >= 0.6 is 11.6 Å². The second-order valence-corrected chi connectivity index (χ2v) is 5.54. The fourth-order valence-corrected chi connectivity index (χ4v) is 2.23. The third-order valence-corrected chi connectivity index (χ3v) is 3.52. The van der Waals surface area contributed by atoms with Gasteiger partial charge in [-0.05, 0) is 44.8 Å². The Hall–Kier alpha value is -1.10. The molecule has 0 fully saturated rings. The van der Waals surface area contributed by atoms with Gasteiger partial charge in [-0.3, -0.25) is 4.79 Å². The molecule has 4 nitrogen and oxygen atoms in total. The highest BCUT2D eigenvalue weighted by Gasteiger charge is 2.15. The van der Waals surface area contributed by atoms with Gasteiger partial charge in [0.2, 0.25) is 0 Å². The van der Waals surface area contributed by atoms with E-state index in [-0.39, 0.29) is 5.91 Å². The summed E-state index contributed by atoms with van der Waals surface area (Å²) in [5.41, 5.74) is 1.65. The molecule has 1 amide bonds. The lowest BCUT2D eigenvalue weighted by Crippen LogP contribution is -2.36. The van der Waals surface area contributed by atoms with Crippen molar-refractivity contribution in [2.75, 3.05) is 47.4 Å². The van der Waals surface area contributed by atoms with Gasteiger partial charge in [0.05, 0.1) is 6.61 Å². The van der Waals surface area contributed by atoms with E-state index in [1.54, 1.807) is 7.11 Å². The Kier molecular flexibility index (Phi) is 8.35. The molecule has 0 atom stereocenters. The van der Waals surface area contributed by atoms with Crippen molar-refractivity contribution in [2.45, 2.75) is 12.3 Å². The number of methoxy groups -OCH3 is 1. The van der Waals surface area contributed by atoms with Crippen LogP contribution in [0.5, 0.6) is 0 Å². The summed E-state index contributed by atoms with van der Waals surface area (Å²) >= 11 is 5.83. The van der Waals surface area contributed by atoms with Crippen LogP contribution in [0, 0.1) is 0 Å². The predicted octanol–water partition coefficient (Wildman–Crippen LogP) is 2.47. The highest BCUT2D eigenvalue weighted by atomic mass is 35.5. The van der Waals surface area contributed by atoms with Gasteiger partial charge in [0, 0.05) is 31.6 Å². The van der Waals surface area contributed by atoms with Gasteiger partial charge in [0.15, 0.2) is 0 Å². The molecule has 118 valence electrons. The smallest absolute Gasteiger partial charge is 0.253 e. The fourth-order valence-electron chi connectivity index (χ4n) is 2.06. The van der Waals surface area contributed by atoms with E-state index in [9.17, 15) is 4.79 Å². The van der Waals surface area contributed by atoms with E-state index in [1.807, 2.05) is 43.3 Å². The number of carbonyl (C=O) groups is 1. The first-order valence-electron chi connectivity index (χ1n) is 7.16. The average Bonchev–Trinajstić information content (AvgIpc) is 2.49. The fraction of sp³-hybridized carbons (Fsp3) is 0.562. The second kappa shape index (κ2) is 9.77. The summed E-state index contributed by atoms with van der Waals surface area (Å²) in [6.07, 6.45) is 0.942. The molecule has 0 bridgehead atoms. The highest BCUT2D eigenvalue weighted by Crippen LogP contribution is 2.11. The van der Waals surface area contributed by atoms with Crippen LogP contribution in [0.2, 0.25) is 0 Å². The summed E-state index contributed by atoms with van der Waals surface area (Å²) in [5, 5.41) is 0. The zero-order valence-corrected chi connectivity index (χ0v) is 13.9. The van der Waals surface area contributed by atoms with Gasteiger partial charge >= 0.3 is 0 Å². The Morgan fingerprint density at radius 3 is 2.62 bits per heavy atom. The highest BCUT2D eigenvalue weighted by molar-refractivity contribution is 6.17. The summed E-state index contributed by atoms with van der Waals surface area (Å²) in [6.45, 7) is 2.83. The average molecular weight is 313 g/mol. The van der Waals surface area contributed by atoms with E-state index in [2.05, 4.69) is 4.90 Å². The van der Waals surface area contributed by atoms with Crippen LogP contribution in [-0.2, 0) is 10.6 Å². The van der Waals surface area contributed by atoms with Gasteiger partial charge in [-0.15, -0.1) is 11.6 Å². The zero-order valence-electron chi connectivity index (χ0n) is 13.1. The van der Waals surface area contributed by atoms with Crippen molar-refractivity contribution in [1.82, 2.24) is 9.80 Å². The third kappa shape index (κ3) is 6.46. The minimum atomic E-state index is 0.0396. The van der Waals surface area contributed by atoms with Gasteiger partial charge in [-0.25, -0.2) is 0 Å². The van der Waals surface area contributed by atoms with E-state index in [0.29, 0.717) is 24.6 Å². The number of hydrogen-bond acceptors (Lipinski definition) is 3. The van der Waals surface area contributed by atoms with E-state index < -0.39 is 0 Å². The lowest BCUT2D eigenvalue weighted by Gasteiger charge is -2.23. The molecule has 0 aliphatic rings. The number of benzene rings is 1. The minimum Gasteiger partial charge on any atom is -0.383 e. The number of carbonyl (C=O) groups excluding carboxylic acids is 1. The first-order valence-corrected chi connectivity index (χ1v) is 7.69. The summed E-state index contributed by atoms with van der Waals surface area (Å²) in [5.74, 6) is 0.456. The summed E-state index contributed by atoms with van der Waals surface area (Å²) in [4.78, 5) is 16.6. The molecule has 1 rings (SSSR count). The number of hydrogen-bond donors (Lipinski definition) is 0. The molecule has 1 aromatic carbocycles. The molecule has 0 aromatic heterocycles. The molecule has 0 saturated heterocycles. The summed E-state index contributed by atoms with van der Waals surface area (Å²) in [7, 11) is 5.72. The standard InChI is InChI=1S/C16H25ClN2O2/c1-18(2)8-5-9-19(10-11-21-3)16(20)15-7-4-6-14(12-15)13-17/h4,6-7,12H,5,8-11,13H2,1-3H3. The predicted molar refractivity (Wildman–Crippen MR) is 86.9 cm³/mol. The van der Waals surface area contributed by atoms with Crippen molar-refractivity contribution >= 4 is 17.5 Å². The number of amides is 1. The van der Waals surface area contributed by atoms with E-state index in [4.69, 9.17) is 16.3 Å². The molecule has 0 saturated carbocycles. The second-order valence-electron chi connectivity index (χ2n) is 5.28. The Balaban J connectivity index is 2.72. The third-order valence-electron chi connectivity index (χ3n) is 3.21. The molecule has 0 unspecified atom stereocenters. The van der Waals surface area contributed by atoms with Gasteiger partial charge in [0.1, 0.15) is 0 Å². The van der Waals surface area contributed by atoms with Gasteiger partial charge < -0.3 is 14.5 Å². The Bertz CT molecular complexity index is 438. The van der Waals surface area contributed by atoms with Crippen molar-refractivity contribution in [3.63, 3.8) is 0 Å². The van der Waals surface area contributed by atoms with E-state index in [0.717, 1.165) is 25.1 Å².